The number of benzene rings is 2. The van der Waals surface area contributed by atoms with Crippen LogP contribution in [0.4, 0.5) is 4.39 Å². The number of para-hydroxylation sites is 1. The molecular formula is C69H93FN10O23. The van der Waals surface area contributed by atoms with E-state index >= 15 is 0 Å². The Morgan fingerprint density at radius 3 is 1.19 bits per heavy atom. The van der Waals surface area contributed by atoms with Crippen molar-refractivity contribution < 1.29 is 114 Å². The standard InChI is InChI=1S/C23H24N2O5.C15H25N3O6.C12H18N2O5.C11H18N2O4.C8H8FNO3/c1-25(27-3)10-11-28-17-13-23(26-2)20(24-14-17)15-29-16-8-9-22-19(12-16)18-6-4-5-7-21(18)30-22;1-17(21-4)6-8-23-12-10-13(20-3)14(16-11-12)15(19)24-9-7-18(2)22-5;1-14(18-4)5-6-19-9-7-10(16-2)11(13-8-9)12(15)17-3;1-13(16-3)4-5-17-9-6-11(15-2)10(8-14)12-7-9;1-12-6-3-5(9)4-10-7(6)8(11)13-2/h4-9,12-14H,10-11,15H2,1-3H3;10-11H,6-9H2,1-5H3;7-8H,5-6H2,1-4H3;6-7,14H,4-5,8H2,1-3H3;3-4H,1-2H3. The van der Waals surface area contributed by atoms with Gasteiger partial charge in [-0.05, 0) is 24.3 Å². The van der Waals surface area contributed by atoms with Crippen LogP contribution in [0.15, 0.2) is 108 Å². The molecular weight excluding hydrogens is 1360 g/mol. The highest BCUT2D eigenvalue weighted by Gasteiger charge is 2.20. The summed E-state index contributed by atoms with van der Waals surface area (Å²) in [6.07, 6.45) is 7.05. The maximum atomic E-state index is 12.6. The number of fused-ring (bicyclic) bond motifs is 3. The first-order valence-electron chi connectivity index (χ1n) is 31.3. The number of pyridine rings is 5. The molecule has 8 aromatic rings. The lowest BCUT2D eigenvalue weighted by Crippen LogP contribution is -2.24. The van der Waals surface area contributed by atoms with Crippen LogP contribution in [0.2, 0.25) is 0 Å². The topological polar surface area (TPSA) is 331 Å². The number of ether oxygens (including phenoxy) is 13. The molecule has 33 nitrogen and oxygen atoms in total. The molecule has 0 unspecified atom stereocenters. The molecule has 0 spiro atoms. The number of methoxy groups -OCH3 is 7. The molecule has 0 saturated carbocycles. The third-order valence-electron chi connectivity index (χ3n) is 14.1. The van der Waals surface area contributed by atoms with Crippen LogP contribution in [-0.4, -0.2) is 260 Å². The van der Waals surface area contributed by atoms with Crippen LogP contribution in [0, 0.1) is 5.82 Å². The molecule has 2 aromatic carbocycles. The normalized spacial score (nSPS) is 10.7. The maximum absolute atomic E-state index is 12.6. The van der Waals surface area contributed by atoms with E-state index in [1.54, 1.807) is 113 Å². The van der Waals surface area contributed by atoms with Crippen LogP contribution in [-0.2, 0) is 51.6 Å². The second kappa shape index (κ2) is 47.1. The smallest absolute Gasteiger partial charge is 0.360 e. The van der Waals surface area contributed by atoms with Gasteiger partial charge in [0.05, 0.1) is 156 Å². The maximum Gasteiger partial charge on any atom is 0.360 e. The molecule has 0 fully saturated rings. The number of esters is 3. The summed E-state index contributed by atoms with van der Waals surface area (Å²) in [6.45, 7) is 4.97. The molecule has 0 aliphatic rings. The average molecular weight is 1450 g/mol. The Hall–Kier alpha value is -10.1. The zero-order valence-corrected chi connectivity index (χ0v) is 61.1. The average Bonchev–Trinajstić information content (AvgIpc) is 1.66. The first kappa shape index (κ1) is 85.3. The minimum absolute atomic E-state index is 0.0357. The van der Waals surface area contributed by atoms with Crippen LogP contribution in [0.3, 0.4) is 0 Å². The molecule has 8 rings (SSSR count). The summed E-state index contributed by atoms with van der Waals surface area (Å²) in [5.74, 6) is 2.42. The van der Waals surface area contributed by atoms with Gasteiger partial charge in [-0.25, -0.2) is 38.7 Å². The van der Waals surface area contributed by atoms with E-state index in [4.69, 9.17) is 85.8 Å². The summed E-state index contributed by atoms with van der Waals surface area (Å²) < 4.78 is 86.4. The molecule has 103 heavy (non-hydrogen) atoms. The molecule has 6 aromatic heterocycles. The van der Waals surface area contributed by atoms with E-state index in [9.17, 15) is 18.8 Å². The fourth-order valence-electron chi connectivity index (χ4n) is 8.11. The van der Waals surface area contributed by atoms with Gasteiger partial charge < -0.3 is 95.3 Å². The Morgan fingerprint density at radius 1 is 0.398 bits per heavy atom. The van der Waals surface area contributed by atoms with Gasteiger partial charge in [0.2, 0.25) is 0 Å². The number of aromatic nitrogens is 5. The Morgan fingerprint density at radius 2 is 0.767 bits per heavy atom. The number of aliphatic hydroxyl groups excluding tert-OH is 1. The van der Waals surface area contributed by atoms with Crippen molar-refractivity contribution in [3.63, 3.8) is 0 Å². The zero-order chi connectivity index (χ0) is 75.6. The van der Waals surface area contributed by atoms with Gasteiger partial charge >= 0.3 is 17.9 Å². The second-order valence-corrected chi connectivity index (χ2v) is 20.7. The lowest BCUT2D eigenvalue weighted by Gasteiger charge is -2.15. The van der Waals surface area contributed by atoms with Crippen molar-refractivity contribution in [3.05, 3.63) is 138 Å². The van der Waals surface area contributed by atoms with Crippen molar-refractivity contribution in [2.75, 3.05) is 186 Å². The van der Waals surface area contributed by atoms with Crippen molar-refractivity contribution in [1.29, 1.82) is 0 Å². The molecule has 0 aliphatic heterocycles. The van der Waals surface area contributed by atoms with Crippen LogP contribution >= 0.6 is 0 Å². The molecule has 0 atom stereocenters. The third kappa shape index (κ3) is 29.0. The predicted octanol–water partition coefficient (Wildman–Crippen LogP) is 7.27. The highest BCUT2D eigenvalue weighted by Crippen LogP contribution is 2.33. The monoisotopic (exact) mass is 1450 g/mol. The van der Waals surface area contributed by atoms with E-state index in [1.807, 2.05) is 62.6 Å². The number of hydroxylamine groups is 10. The summed E-state index contributed by atoms with van der Waals surface area (Å²) in [4.78, 5) is 79.4. The number of carbonyl (C=O) groups is 3. The fraction of sp³-hybridized carbons (Fsp3) is 0.420. The van der Waals surface area contributed by atoms with Crippen molar-refractivity contribution in [2.45, 2.75) is 13.2 Å². The van der Waals surface area contributed by atoms with Gasteiger partial charge in [-0.3, -0.25) is 4.98 Å². The highest BCUT2D eigenvalue weighted by molar-refractivity contribution is 6.05. The van der Waals surface area contributed by atoms with E-state index < -0.39 is 23.7 Å². The van der Waals surface area contributed by atoms with Crippen molar-refractivity contribution in [1.82, 2.24) is 50.2 Å². The Bertz CT molecular complexity index is 3820. The van der Waals surface area contributed by atoms with E-state index in [-0.39, 0.29) is 48.4 Å². The third-order valence-corrected chi connectivity index (χ3v) is 14.1. The van der Waals surface area contributed by atoms with Gasteiger partial charge in [0.1, 0.15) is 108 Å². The number of furan rings is 1. The zero-order valence-electron chi connectivity index (χ0n) is 61.1. The SMILES string of the molecule is COC(=O)c1ncc(F)cc1OC.COC(=O)c1ncc(OCCN(C)OC)cc1OC.COc1cc(OCCN(C)OC)cnc1C(=O)OCCN(C)OC.COc1cc(OCCN(C)OC)cnc1CO.COc1cc(OCCN(C)OC)cnc1COc1ccc2oc3ccccc3c2c1. The summed E-state index contributed by atoms with van der Waals surface area (Å²) in [7, 11) is 26.7. The number of aliphatic hydroxyl groups is 1. The summed E-state index contributed by atoms with van der Waals surface area (Å²) in [6, 6.07) is 21.5. The van der Waals surface area contributed by atoms with Crippen molar-refractivity contribution in [3.8, 4) is 57.5 Å². The molecule has 0 saturated heterocycles. The number of hydrogen-bond acceptors (Lipinski definition) is 33. The van der Waals surface area contributed by atoms with E-state index in [2.05, 4.69) is 34.4 Å². The molecule has 6 heterocycles. The number of nitrogens with zero attached hydrogens (tertiary/aromatic N) is 10. The lowest BCUT2D eigenvalue weighted by atomic mass is 10.1. The van der Waals surface area contributed by atoms with E-state index in [0.29, 0.717) is 111 Å². The molecule has 0 bridgehead atoms. The van der Waals surface area contributed by atoms with Crippen LogP contribution in [0.5, 0.6) is 57.5 Å². The van der Waals surface area contributed by atoms with E-state index in [0.717, 1.165) is 40.0 Å². The van der Waals surface area contributed by atoms with Gasteiger partial charge in [-0.2, -0.15) is 25.3 Å². The number of halogens is 1. The van der Waals surface area contributed by atoms with Crippen molar-refractivity contribution >= 4 is 39.8 Å². The predicted molar refractivity (Wildman–Crippen MR) is 371 cm³/mol. The van der Waals surface area contributed by atoms with Gasteiger partial charge in [-0.15, -0.1) is 0 Å². The summed E-state index contributed by atoms with van der Waals surface area (Å²) in [5.41, 5.74) is 3.06. The molecule has 0 radical (unpaired) electrons. The van der Waals surface area contributed by atoms with E-state index in [1.165, 1.54) is 62.2 Å². The molecule has 34 heteroatoms. The van der Waals surface area contributed by atoms with Crippen LogP contribution in [0.25, 0.3) is 21.9 Å². The summed E-state index contributed by atoms with van der Waals surface area (Å²) >= 11 is 0. The minimum Gasteiger partial charge on any atom is -0.495 e. The number of likely N-dealkylation sites (N-methyl/N-ethyl adjacent to an activating group) is 5. The quantitative estimate of drug-likeness (QED) is 0.0229. The number of rotatable bonds is 36. The van der Waals surface area contributed by atoms with Crippen molar-refractivity contribution in [2.24, 2.45) is 0 Å². The largest absolute Gasteiger partial charge is 0.495 e. The fourth-order valence-corrected chi connectivity index (χ4v) is 8.11. The molecule has 0 aliphatic carbocycles. The summed E-state index contributed by atoms with van der Waals surface area (Å²) in [5, 5.41) is 19.3. The Balaban J connectivity index is 0.000000281. The van der Waals surface area contributed by atoms with Gasteiger partial charge in [0.25, 0.3) is 0 Å². The Kier molecular flexibility index (Phi) is 39.0. The number of hydrogen-bond donors (Lipinski definition) is 1. The first-order valence-corrected chi connectivity index (χ1v) is 31.3. The molecule has 0 amide bonds. The minimum atomic E-state index is -0.656. The van der Waals surface area contributed by atoms with Gasteiger partial charge in [0.15, 0.2) is 34.3 Å². The van der Waals surface area contributed by atoms with Gasteiger partial charge in [-0.1, -0.05) is 18.2 Å². The van der Waals surface area contributed by atoms with Gasteiger partial charge in [0, 0.05) is 76.3 Å². The molecule has 564 valence electrons. The Labute approximate surface area is 597 Å². The molecule has 1 N–H and O–H groups in total. The van der Waals surface area contributed by atoms with Crippen LogP contribution in [0.1, 0.15) is 42.9 Å². The highest BCUT2D eigenvalue weighted by atomic mass is 19.1. The second-order valence-electron chi connectivity index (χ2n) is 20.7. The number of carbonyl (C=O) groups excluding carboxylic acids is 3. The lowest BCUT2D eigenvalue weighted by molar-refractivity contribution is -0.116. The first-order chi connectivity index (χ1) is 49.7. The van der Waals surface area contributed by atoms with Crippen LogP contribution < -0.4 is 47.4 Å².